The van der Waals surface area contributed by atoms with Crippen molar-refractivity contribution in [2.24, 2.45) is 0 Å². The molecule has 0 radical (unpaired) electrons. The normalized spacial score (nSPS) is 16.5. The predicted octanol–water partition coefficient (Wildman–Crippen LogP) is 3.01. The number of carbonyl (C=O) groups is 2. The van der Waals surface area contributed by atoms with Crippen LogP contribution in [0, 0.1) is 0 Å². The zero-order chi connectivity index (χ0) is 24.4. The van der Waals surface area contributed by atoms with E-state index in [1.54, 1.807) is 38.2 Å². The van der Waals surface area contributed by atoms with Gasteiger partial charge >= 0.3 is 12.1 Å². The van der Waals surface area contributed by atoms with E-state index in [1.807, 2.05) is 0 Å². The number of fused-ring (bicyclic) bond motifs is 2. The first-order valence-corrected chi connectivity index (χ1v) is 10.8. The Morgan fingerprint density at radius 1 is 1.21 bits per heavy atom. The molecule has 0 aromatic heterocycles. The molecule has 10 heteroatoms. The van der Waals surface area contributed by atoms with Crippen LogP contribution in [-0.2, 0) is 15.9 Å². The number of hydrogen-bond acceptors (Lipinski definition) is 9. The molecule has 34 heavy (non-hydrogen) atoms. The van der Waals surface area contributed by atoms with Crippen molar-refractivity contribution in [3.05, 3.63) is 46.5 Å². The molecule has 2 aliphatic heterocycles. The standard InChI is InChI=1S/C24H27NO9/c1-5-31-24(28)25(2)9-8-13-10-17-18(33-12-32-17)11-15(13)20(26)21-14-6-7-16(29-3)22(30-4)19(14)23(27)34-21/h6-7,10-11,20-21,26H,5,8-9,12H2,1-4H3/t20?,21-/m1/s1. The van der Waals surface area contributed by atoms with Crippen LogP contribution >= 0.6 is 0 Å². The fourth-order valence-electron chi connectivity index (χ4n) is 4.13. The van der Waals surface area contributed by atoms with Crippen molar-refractivity contribution in [2.75, 3.05) is 41.2 Å². The Balaban J connectivity index is 1.67. The van der Waals surface area contributed by atoms with Crippen molar-refractivity contribution < 1.29 is 43.1 Å². The van der Waals surface area contributed by atoms with E-state index in [1.165, 1.54) is 19.1 Å². The summed E-state index contributed by atoms with van der Waals surface area (Å²) in [6.45, 7) is 2.42. The van der Waals surface area contributed by atoms with Crippen LogP contribution in [0.5, 0.6) is 23.0 Å². The Morgan fingerprint density at radius 3 is 2.62 bits per heavy atom. The number of esters is 1. The topological polar surface area (TPSA) is 113 Å². The molecular formula is C24H27NO9. The first kappa shape index (κ1) is 23.5. The predicted molar refractivity (Wildman–Crippen MR) is 119 cm³/mol. The fourth-order valence-corrected chi connectivity index (χ4v) is 4.13. The average molecular weight is 473 g/mol. The minimum Gasteiger partial charge on any atom is -0.493 e. The van der Waals surface area contributed by atoms with Gasteiger partial charge in [-0.2, -0.15) is 0 Å². The second-order valence-electron chi connectivity index (χ2n) is 7.81. The van der Waals surface area contributed by atoms with E-state index in [-0.39, 0.29) is 24.7 Å². The smallest absolute Gasteiger partial charge is 0.409 e. The lowest BCUT2D eigenvalue weighted by atomic mass is 9.91. The maximum absolute atomic E-state index is 12.7. The maximum atomic E-state index is 12.7. The number of amides is 1. The van der Waals surface area contributed by atoms with Crippen molar-refractivity contribution in [3.8, 4) is 23.0 Å². The largest absolute Gasteiger partial charge is 0.493 e. The van der Waals surface area contributed by atoms with Crippen molar-refractivity contribution in [3.63, 3.8) is 0 Å². The number of carbonyl (C=O) groups excluding carboxylic acids is 2. The summed E-state index contributed by atoms with van der Waals surface area (Å²) >= 11 is 0. The lowest BCUT2D eigenvalue weighted by Crippen LogP contribution is -2.29. The second kappa shape index (κ2) is 9.68. The molecule has 0 spiro atoms. The van der Waals surface area contributed by atoms with Crippen LogP contribution in [-0.4, -0.2) is 63.3 Å². The summed E-state index contributed by atoms with van der Waals surface area (Å²) in [6, 6.07) is 6.79. The van der Waals surface area contributed by atoms with E-state index in [2.05, 4.69) is 0 Å². The van der Waals surface area contributed by atoms with Crippen molar-refractivity contribution in [2.45, 2.75) is 25.6 Å². The summed E-state index contributed by atoms with van der Waals surface area (Å²) in [6.07, 6.45) is -2.22. The number of aliphatic hydroxyl groups is 1. The Hall–Kier alpha value is -3.66. The van der Waals surface area contributed by atoms with Gasteiger partial charge in [-0.25, -0.2) is 9.59 Å². The highest BCUT2D eigenvalue weighted by Crippen LogP contribution is 2.48. The Kier molecular flexibility index (Phi) is 6.69. The first-order chi connectivity index (χ1) is 16.4. The van der Waals surface area contributed by atoms with Crippen LogP contribution in [0.25, 0.3) is 0 Å². The molecule has 2 aromatic rings. The number of hydrogen-bond donors (Lipinski definition) is 1. The van der Waals surface area contributed by atoms with E-state index >= 15 is 0 Å². The Labute approximate surface area is 196 Å². The quantitative estimate of drug-likeness (QED) is 0.578. The van der Waals surface area contributed by atoms with Gasteiger partial charge in [0.2, 0.25) is 6.79 Å². The Morgan fingerprint density at radius 2 is 1.94 bits per heavy atom. The number of methoxy groups -OCH3 is 2. The van der Waals surface area contributed by atoms with Gasteiger partial charge in [-0.15, -0.1) is 0 Å². The van der Waals surface area contributed by atoms with Gasteiger partial charge in [0, 0.05) is 19.2 Å². The molecule has 1 unspecified atom stereocenters. The van der Waals surface area contributed by atoms with Crippen LogP contribution < -0.4 is 18.9 Å². The summed E-state index contributed by atoms with van der Waals surface area (Å²) in [4.78, 5) is 26.2. The molecule has 0 saturated heterocycles. The summed E-state index contributed by atoms with van der Waals surface area (Å²) in [5.41, 5.74) is 1.93. The molecular weight excluding hydrogens is 446 g/mol. The molecule has 4 rings (SSSR count). The molecule has 1 N–H and O–H groups in total. The van der Waals surface area contributed by atoms with Gasteiger partial charge in [0.05, 0.1) is 20.8 Å². The minimum atomic E-state index is -1.21. The van der Waals surface area contributed by atoms with E-state index < -0.39 is 24.3 Å². The van der Waals surface area contributed by atoms with Crippen molar-refractivity contribution in [1.29, 1.82) is 0 Å². The lowest BCUT2D eigenvalue weighted by Gasteiger charge is -2.23. The number of aliphatic hydroxyl groups excluding tert-OH is 1. The molecule has 1 amide bonds. The number of likely N-dealkylation sites (N-methyl/N-ethyl adjacent to an activating group) is 1. The summed E-state index contributed by atoms with van der Waals surface area (Å²) in [5, 5.41) is 11.4. The highest BCUT2D eigenvalue weighted by Gasteiger charge is 2.41. The third kappa shape index (κ3) is 4.16. The molecule has 0 saturated carbocycles. The summed E-state index contributed by atoms with van der Waals surface area (Å²) in [5.74, 6) is 1.05. The van der Waals surface area contributed by atoms with Crippen LogP contribution in [0.3, 0.4) is 0 Å². The van der Waals surface area contributed by atoms with E-state index in [0.717, 1.165) is 5.56 Å². The van der Waals surface area contributed by atoms with Gasteiger partial charge in [0.25, 0.3) is 0 Å². The number of ether oxygens (including phenoxy) is 6. The maximum Gasteiger partial charge on any atom is 0.409 e. The van der Waals surface area contributed by atoms with Crippen LogP contribution in [0.2, 0.25) is 0 Å². The van der Waals surface area contributed by atoms with E-state index in [0.29, 0.717) is 41.3 Å². The van der Waals surface area contributed by atoms with Gasteiger partial charge in [0.1, 0.15) is 11.7 Å². The van der Waals surface area contributed by atoms with Gasteiger partial charge in [-0.1, -0.05) is 6.07 Å². The fraction of sp³-hybridized carbons (Fsp3) is 0.417. The third-order valence-electron chi connectivity index (χ3n) is 5.86. The molecule has 2 aliphatic rings. The van der Waals surface area contributed by atoms with Crippen molar-refractivity contribution >= 4 is 12.1 Å². The number of nitrogens with zero attached hydrogens (tertiary/aromatic N) is 1. The molecule has 2 aromatic carbocycles. The van der Waals surface area contributed by atoms with Crippen LogP contribution in [0.1, 0.15) is 46.2 Å². The molecule has 10 nitrogen and oxygen atoms in total. The van der Waals surface area contributed by atoms with Gasteiger partial charge in [-0.05, 0) is 42.7 Å². The molecule has 2 atom stereocenters. The number of cyclic esters (lactones) is 1. The van der Waals surface area contributed by atoms with Crippen LogP contribution in [0.4, 0.5) is 4.79 Å². The molecule has 2 heterocycles. The summed E-state index contributed by atoms with van der Waals surface area (Å²) in [7, 11) is 4.55. The number of rotatable bonds is 8. The lowest BCUT2D eigenvalue weighted by molar-refractivity contribution is -0.0106. The SMILES string of the molecule is CCOC(=O)N(C)CCc1cc2c(cc1C(O)[C@@H]1OC(=O)c3c1ccc(OC)c3OC)OCO2. The van der Waals surface area contributed by atoms with Gasteiger partial charge < -0.3 is 38.4 Å². The summed E-state index contributed by atoms with van der Waals surface area (Å²) < 4.78 is 32.3. The van der Waals surface area contributed by atoms with E-state index in [9.17, 15) is 14.7 Å². The molecule has 0 bridgehead atoms. The second-order valence-corrected chi connectivity index (χ2v) is 7.81. The monoisotopic (exact) mass is 473 g/mol. The Bertz CT molecular complexity index is 1100. The molecule has 182 valence electrons. The molecule has 0 aliphatic carbocycles. The van der Waals surface area contributed by atoms with Crippen molar-refractivity contribution in [1.82, 2.24) is 4.90 Å². The minimum absolute atomic E-state index is 0.0648. The van der Waals surface area contributed by atoms with Gasteiger partial charge in [-0.3, -0.25) is 0 Å². The highest BCUT2D eigenvalue weighted by molar-refractivity contribution is 5.98. The zero-order valence-electron chi connectivity index (χ0n) is 19.5. The highest BCUT2D eigenvalue weighted by atomic mass is 16.7. The zero-order valence-corrected chi connectivity index (χ0v) is 19.5. The van der Waals surface area contributed by atoms with Crippen LogP contribution in [0.15, 0.2) is 24.3 Å². The molecule has 0 fully saturated rings. The van der Waals surface area contributed by atoms with Gasteiger partial charge in [0.15, 0.2) is 29.1 Å². The third-order valence-corrected chi connectivity index (χ3v) is 5.86. The average Bonchev–Trinajstić information content (AvgIpc) is 3.44. The first-order valence-electron chi connectivity index (χ1n) is 10.8. The number of benzene rings is 2. The van der Waals surface area contributed by atoms with E-state index in [4.69, 9.17) is 28.4 Å².